The van der Waals surface area contributed by atoms with Crippen molar-refractivity contribution in [3.8, 4) is 0 Å². The van der Waals surface area contributed by atoms with E-state index in [0.29, 0.717) is 30.7 Å². The molecule has 0 radical (unpaired) electrons. The molecule has 0 saturated carbocycles. The number of nitro benzene ring substituents is 1. The van der Waals surface area contributed by atoms with Gasteiger partial charge in [0.05, 0.1) is 4.92 Å². The van der Waals surface area contributed by atoms with Crippen LogP contribution in [0.5, 0.6) is 0 Å². The molecule has 112 valence electrons. The van der Waals surface area contributed by atoms with Gasteiger partial charge in [0, 0.05) is 43.1 Å². The van der Waals surface area contributed by atoms with Gasteiger partial charge in [-0.25, -0.2) is 0 Å². The highest BCUT2D eigenvalue weighted by Gasteiger charge is 2.37. The van der Waals surface area contributed by atoms with Gasteiger partial charge < -0.3 is 0 Å². The van der Waals surface area contributed by atoms with E-state index in [0.717, 1.165) is 30.5 Å². The Balaban J connectivity index is 1.85. The van der Waals surface area contributed by atoms with Gasteiger partial charge in [-0.15, -0.1) is 0 Å². The fourth-order valence-electron chi connectivity index (χ4n) is 3.76. The fraction of sp³-hybridized carbons (Fsp3) is 0.562. The summed E-state index contributed by atoms with van der Waals surface area (Å²) in [6.45, 7) is 2.54. The second-order valence-electron chi connectivity index (χ2n) is 6.18. The molecule has 5 nitrogen and oxygen atoms in total. The summed E-state index contributed by atoms with van der Waals surface area (Å²) in [5, 5.41) is 11.1. The normalized spacial score (nSPS) is 25.9. The third-order valence-electron chi connectivity index (χ3n) is 4.91. The molecule has 2 aliphatic heterocycles. The number of nitrogens with zero attached hydrogens (tertiary/aromatic N) is 2. The SMILES string of the molecule is Cc1c(CN2C3CCCC2CC(=O)C3)cccc1[N+](=O)[O-]. The zero-order valence-corrected chi connectivity index (χ0v) is 12.2. The molecule has 2 unspecified atom stereocenters. The van der Waals surface area contributed by atoms with E-state index in [1.807, 2.05) is 13.0 Å². The maximum atomic E-state index is 11.8. The van der Waals surface area contributed by atoms with Crippen molar-refractivity contribution < 1.29 is 9.72 Å². The molecule has 0 amide bonds. The molecule has 0 aliphatic carbocycles. The molecule has 2 fully saturated rings. The van der Waals surface area contributed by atoms with Gasteiger partial charge in [-0.2, -0.15) is 0 Å². The third kappa shape index (κ3) is 2.70. The van der Waals surface area contributed by atoms with E-state index in [-0.39, 0.29) is 10.6 Å². The van der Waals surface area contributed by atoms with E-state index in [4.69, 9.17) is 0 Å². The number of nitro groups is 1. The molecule has 3 rings (SSSR count). The number of hydrogen-bond acceptors (Lipinski definition) is 4. The second kappa shape index (κ2) is 5.56. The van der Waals surface area contributed by atoms with Gasteiger partial charge in [0.25, 0.3) is 5.69 Å². The molecule has 0 spiro atoms. The van der Waals surface area contributed by atoms with Crippen molar-refractivity contribution in [2.24, 2.45) is 0 Å². The maximum Gasteiger partial charge on any atom is 0.272 e. The lowest BCUT2D eigenvalue weighted by Crippen LogP contribution is -2.51. The van der Waals surface area contributed by atoms with Crippen molar-refractivity contribution >= 4 is 11.5 Å². The number of carbonyl (C=O) groups is 1. The number of Topliss-reactive ketones (excluding diaryl/α,β-unsaturated/α-hetero) is 1. The van der Waals surface area contributed by atoms with Crippen LogP contribution < -0.4 is 0 Å². The molecular formula is C16H20N2O3. The number of rotatable bonds is 3. The summed E-state index contributed by atoms with van der Waals surface area (Å²) in [6.07, 6.45) is 4.61. The van der Waals surface area contributed by atoms with Crippen molar-refractivity contribution in [1.82, 2.24) is 4.90 Å². The topological polar surface area (TPSA) is 63.5 Å². The summed E-state index contributed by atoms with van der Waals surface area (Å²) in [7, 11) is 0. The second-order valence-corrected chi connectivity index (χ2v) is 6.18. The van der Waals surface area contributed by atoms with Crippen LogP contribution in [0.2, 0.25) is 0 Å². The Morgan fingerprint density at radius 3 is 2.57 bits per heavy atom. The van der Waals surface area contributed by atoms with Gasteiger partial charge in [0.2, 0.25) is 0 Å². The van der Waals surface area contributed by atoms with Crippen LogP contribution in [0, 0.1) is 17.0 Å². The Bertz CT molecular complexity index is 569. The molecule has 5 heteroatoms. The summed E-state index contributed by atoms with van der Waals surface area (Å²) in [6, 6.07) is 5.92. The van der Waals surface area contributed by atoms with Gasteiger partial charge in [-0.3, -0.25) is 19.8 Å². The first-order valence-corrected chi connectivity index (χ1v) is 7.56. The van der Waals surface area contributed by atoms with E-state index in [1.54, 1.807) is 12.1 Å². The van der Waals surface area contributed by atoms with E-state index in [2.05, 4.69) is 4.90 Å². The van der Waals surface area contributed by atoms with Gasteiger partial charge in [-0.05, 0) is 25.3 Å². The smallest absolute Gasteiger partial charge is 0.272 e. The Hall–Kier alpha value is -1.75. The molecular weight excluding hydrogens is 268 g/mol. The molecule has 1 aromatic carbocycles. The molecule has 1 aromatic rings. The number of benzene rings is 1. The van der Waals surface area contributed by atoms with Crippen molar-refractivity contribution in [3.63, 3.8) is 0 Å². The largest absolute Gasteiger partial charge is 0.300 e. The minimum absolute atomic E-state index is 0.186. The number of carbonyl (C=O) groups excluding carboxylic acids is 1. The third-order valence-corrected chi connectivity index (χ3v) is 4.91. The van der Waals surface area contributed by atoms with Crippen molar-refractivity contribution in [1.29, 1.82) is 0 Å². The predicted molar refractivity (Wildman–Crippen MR) is 79.0 cm³/mol. The Kier molecular flexibility index (Phi) is 3.76. The summed E-state index contributed by atoms with van der Waals surface area (Å²) in [4.78, 5) is 24.9. The molecule has 0 aromatic heterocycles. The monoisotopic (exact) mass is 288 g/mol. The highest BCUT2D eigenvalue weighted by molar-refractivity contribution is 5.80. The Morgan fingerprint density at radius 1 is 1.29 bits per heavy atom. The minimum Gasteiger partial charge on any atom is -0.300 e. The number of ketones is 1. The quantitative estimate of drug-likeness (QED) is 0.633. The van der Waals surface area contributed by atoms with Gasteiger partial charge in [0.1, 0.15) is 5.78 Å². The zero-order chi connectivity index (χ0) is 15.0. The average molecular weight is 288 g/mol. The van der Waals surface area contributed by atoms with Crippen LogP contribution in [0.4, 0.5) is 5.69 Å². The summed E-state index contributed by atoms with van der Waals surface area (Å²) >= 11 is 0. The first-order chi connectivity index (χ1) is 10.1. The molecule has 2 bridgehead atoms. The van der Waals surface area contributed by atoms with Crippen molar-refractivity contribution in [3.05, 3.63) is 39.4 Å². The van der Waals surface area contributed by atoms with E-state index in [1.165, 1.54) is 6.42 Å². The number of hydrogen-bond donors (Lipinski definition) is 0. The van der Waals surface area contributed by atoms with Crippen LogP contribution in [0.25, 0.3) is 0 Å². The van der Waals surface area contributed by atoms with Crippen LogP contribution in [0.1, 0.15) is 43.2 Å². The lowest BCUT2D eigenvalue weighted by atomic mass is 9.83. The van der Waals surface area contributed by atoms with E-state index < -0.39 is 0 Å². The maximum absolute atomic E-state index is 11.8. The molecule has 2 heterocycles. The van der Waals surface area contributed by atoms with Gasteiger partial charge in [-0.1, -0.05) is 18.6 Å². The lowest BCUT2D eigenvalue weighted by Gasteiger charge is -2.45. The van der Waals surface area contributed by atoms with Gasteiger partial charge in [0.15, 0.2) is 0 Å². The summed E-state index contributed by atoms with van der Waals surface area (Å²) in [5.74, 6) is 0.372. The fourth-order valence-corrected chi connectivity index (χ4v) is 3.76. The highest BCUT2D eigenvalue weighted by atomic mass is 16.6. The number of fused-ring (bicyclic) bond motifs is 2. The van der Waals surface area contributed by atoms with E-state index in [9.17, 15) is 14.9 Å². The minimum atomic E-state index is -0.320. The molecule has 21 heavy (non-hydrogen) atoms. The van der Waals surface area contributed by atoms with Crippen LogP contribution in [-0.2, 0) is 11.3 Å². The lowest BCUT2D eigenvalue weighted by molar-refractivity contribution is -0.385. The summed E-state index contributed by atoms with van der Waals surface area (Å²) < 4.78 is 0. The van der Waals surface area contributed by atoms with Crippen molar-refractivity contribution in [2.45, 2.75) is 57.7 Å². The van der Waals surface area contributed by atoms with E-state index >= 15 is 0 Å². The van der Waals surface area contributed by atoms with Crippen LogP contribution >= 0.6 is 0 Å². The molecule has 2 saturated heterocycles. The molecule has 2 aliphatic rings. The van der Waals surface area contributed by atoms with Crippen LogP contribution in [0.15, 0.2) is 18.2 Å². The molecule has 2 atom stereocenters. The first kappa shape index (κ1) is 14.2. The zero-order valence-electron chi connectivity index (χ0n) is 12.2. The van der Waals surface area contributed by atoms with Crippen LogP contribution in [-0.4, -0.2) is 27.7 Å². The summed E-state index contributed by atoms with van der Waals surface area (Å²) in [5.41, 5.74) is 1.94. The van der Waals surface area contributed by atoms with Gasteiger partial charge >= 0.3 is 0 Å². The average Bonchev–Trinajstić information content (AvgIpc) is 2.41. The Labute approximate surface area is 124 Å². The highest BCUT2D eigenvalue weighted by Crippen LogP contribution is 2.34. The van der Waals surface area contributed by atoms with Crippen molar-refractivity contribution in [2.75, 3.05) is 0 Å². The Morgan fingerprint density at radius 2 is 1.95 bits per heavy atom. The molecule has 0 N–H and O–H groups in total. The van der Waals surface area contributed by atoms with Crippen LogP contribution in [0.3, 0.4) is 0 Å². The first-order valence-electron chi connectivity index (χ1n) is 7.56. The standard InChI is InChI=1S/C16H20N2O3/c1-11-12(4-2-7-16(11)18(20)21)10-17-13-5-3-6-14(17)9-15(19)8-13/h2,4,7,13-14H,3,5-6,8-10H2,1H3. The number of piperidine rings is 2. The predicted octanol–water partition coefficient (Wildman–Crippen LogP) is 2.99.